The molecule has 4 N–H and O–H groups in total. The van der Waals surface area contributed by atoms with E-state index in [0.717, 1.165) is 5.56 Å². The number of anilines is 2. The van der Waals surface area contributed by atoms with E-state index in [-0.39, 0.29) is 17.5 Å². The number of sulfone groups is 1. The number of nitrogens with two attached hydrogens (primary N) is 2. The third-order valence-electron chi connectivity index (χ3n) is 2.50. The van der Waals surface area contributed by atoms with E-state index in [4.69, 9.17) is 11.5 Å². The summed E-state index contributed by atoms with van der Waals surface area (Å²) in [6, 6.07) is 7.09. The molecule has 0 unspecified atom stereocenters. The molecule has 0 saturated carbocycles. The highest BCUT2D eigenvalue weighted by molar-refractivity contribution is 7.89. The quantitative estimate of drug-likeness (QED) is 0.860. The number of hydrogen-bond acceptors (Lipinski definition) is 6. The number of nitrogens with zero attached hydrogens (tertiary/aromatic N) is 2. The molecule has 1 aromatic heterocycles. The summed E-state index contributed by atoms with van der Waals surface area (Å²) in [6.45, 7) is 0. The molecule has 19 heavy (non-hydrogen) atoms. The molecule has 100 valence electrons. The van der Waals surface area contributed by atoms with Crippen molar-refractivity contribution in [1.82, 2.24) is 9.97 Å². The number of aromatic nitrogens is 2. The summed E-state index contributed by atoms with van der Waals surface area (Å²) in [5.74, 6) is 0.355. The van der Waals surface area contributed by atoms with Gasteiger partial charge in [-0.15, -0.1) is 0 Å². The summed E-state index contributed by atoms with van der Waals surface area (Å²) < 4.78 is 22.6. The average Bonchev–Trinajstić information content (AvgIpc) is 2.26. The second-order valence-corrected chi connectivity index (χ2v) is 6.44. The van der Waals surface area contributed by atoms with Crippen molar-refractivity contribution in [1.29, 1.82) is 0 Å². The third-order valence-corrected chi connectivity index (χ3v) is 3.36. The fourth-order valence-electron chi connectivity index (χ4n) is 1.76. The lowest BCUT2D eigenvalue weighted by molar-refractivity contribution is 0.601. The summed E-state index contributed by atoms with van der Waals surface area (Å²) in [5, 5.41) is 0. The Morgan fingerprint density at radius 3 is 2.63 bits per heavy atom. The summed E-state index contributed by atoms with van der Waals surface area (Å²) in [6.07, 6.45) is 2.72. The van der Waals surface area contributed by atoms with Crippen LogP contribution in [0.5, 0.6) is 0 Å². The van der Waals surface area contributed by atoms with Crippen LogP contribution in [0.2, 0.25) is 0 Å². The van der Waals surface area contributed by atoms with Crippen molar-refractivity contribution in [2.24, 2.45) is 0 Å². The highest BCUT2D eigenvalue weighted by Gasteiger charge is 2.09. The lowest BCUT2D eigenvalue weighted by Crippen LogP contribution is -2.02. The summed E-state index contributed by atoms with van der Waals surface area (Å²) in [4.78, 5) is 7.77. The van der Waals surface area contributed by atoms with Crippen molar-refractivity contribution in [3.05, 3.63) is 36.0 Å². The van der Waals surface area contributed by atoms with Gasteiger partial charge in [-0.25, -0.2) is 13.4 Å². The SMILES string of the molecule is CS(=O)(=O)Cc1cccc(-c2cnc(N)nc2N)c1. The van der Waals surface area contributed by atoms with Crippen LogP contribution in [0, 0.1) is 0 Å². The predicted octanol–water partition coefficient (Wildman–Crippen LogP) is 0.853. The van der Waals surface area contributed by atoms with Gasteiger partial charge in [0, 0.05) is 18.0 Å². The molecule has 0 aliphatic rings. The molecule has 0 radical (unpaired) electrons. The molecule has 1 heterocycles. The molecular weight excluding hydrogens is 264 g/mol. The molecule has 2 rings (SSSR count). The number of rotatable bonds is 3. The van der Waals surface area contributed by atoms with Gasteiger partial charge in [-0.1, -0.05) is 18.2 Å². The van der Waals surface area contributed by atoms with Gasteiger partial charge in [0.15, 0.2) is 9.84 Å². The van der Waals surface area contributed by atoms with E-state index < -0.39 is 9.84 Å². The van der Waals surface area contributed by atoms with Crippen LogP contribution in [0.1, 0.15) is 5.56 Å². The van der Waals surface area contributed by atoms with Crippen molar-refractivity contribution in [3.8, 4) is 11.1 Å². The van der Waals surface area contributed by atoms with Gasteiger partial charge in [-0.3, -0.25) is 0 Å². The van der Waals surface area contributed by atoms with Gasteiger partial charge < -0.3 is 11.5 Å². The molecule has 0 saturated heterocycles. The average molecular weight is 278 g/mol. The predicted molar refractivity (Wildman–Crippen MR) is 74.8 cm³/mol. The molecule has 0 amide bonds. The minimum atomic E-state index is -3.08. The zero-order chi connectivity index (χ0) is 14.0. The molecule has 0 bridgehead atoms. The first-order valence-electron chi connectivity index (χ1n) is 5.50. The van der Waals surface area contributed by atoms with Crippen LogP contribution in [-0.2, 0) is 15.6 Å². The smallest absolute Gasteiger partial charge is 0.221 e. The van der Waals surface area contributed by atoms with E-state index in [0.29, 0.717) is 11.1 Å². The standard InChI is InChI=1S/C12H14N4O2S/c1-19(17,18)7-8-3-2-4-9(5-8)10-6-15-12(14)16-11(10)13/h2-6H,7H2,1H3,(H4,13,14,15,16). The van der Waals surface area contributed by atoms with Gasteiger partial charge in [-0.05, 0) is 17.2 Å². The summed E-state index contributed by atoms with van der Waals surface area (Å²) in [7, 11) is -3.08. The van der Waals surface area contributed by atoms with Crippen molar-refractivity contribution < 1.29 is 8.42 Å². The largest absolute Gasteiger partial charge is 0.383 e. The first kappa shape index (κ1) is 13.3. The van der Waals surface area contributed by atoms with Gasteiger partial charge in [0.2, 0.25) is 5.95 Å². The monoisotopic (exact) mass is 278 g/mol. The molecule has 6 nitrogen and oxygen atoms in total. The van der Waals surface area contributed by atoms with E-state index in [1.54, 1.807) is 18.2 Å². The van der Waals surface area contributed by atoms with Crippen LogP contribution in [0.15, 0.2) is 30.5 Å². The molecular formula is C12H14N4O2S. The zero-order valence-corrected chi connectivity index (χ0v) is 11.2. The van der Waals surface area contributed by atoms with Gasteiger partial charge in [0.1, 0.15) is 5.82 Å². The molecule has 7 heteroatoms. The van der Waals surface area contributed by atoms with E-state index in [1.807, 2.05) is 6.07 Å². The maximum atomic E-state index is 11.3. The first-order chi connectivity index (χ1) is 8.85. The van der Waals surface area contributed by atoms with Crippen LogP contribution < -0.4 is 11.5 Å². The Morgan fingerprint density at radius 1 is 1.26 bits per heavy atom. The molecule has 0 spiro atoms. The van der Waals surface area contributed by atoms with Crippen LogP contribution in [0.4, 0.5) is 11.8 Å². The summed E-state index contributed by atoms with van der Waals surface area (Å²) in [5.41, 5.74) is 13.3. The van der Waals surface area contributed by atoms with Crippen LogP contribution in [0.25, 0.3) is 11.1 Å². The molecule has 0 aliphatic heterocycles. The lowest BCUT2D eigenvalue weighted by Gasteiger charge is -2.07. The van der Waals surface area contributed by atoms with Gasteiger partial charge in [0.25, 0.3) is 0 Å². The van der Waals surface area contributed by atoms with Gasteiger partial charge in [-0.2, -0.15) is 4.98 Å². The highest BCUT2D eigenvalue weighted by atomic mass is 32.2. The third kappa shape index (κ3) is 3.41. The maximum Gasteiger partial charge on any atom is 0.221 e. The Labute approximate surface area is 111 Å². The van der Waals surface area contributed by atoms with Gasteiger partial charge in [0.05, 0.1) is 5.75 Å². The Kier molecular flexibility index (Phi) is 3.39. The second-order valence-electron chi connectivity index (χ2n) is 4.30. The van der Waals surface area contributed by atoms with E-state index in [9.17, 15) is 8.42 Å². The van der Waals surface area contributed by atoms with Crippen molar-refractivity contribution in [2.75, 3.05) is 17.7 Å². The maximum absolute atomic E-state index is 11.3. The van der Waals surface area contributed by atoms with Crippen molar-refractivity contribution in [2.45, 2.75) is 5.75 Å². The Balaban J connectivity index is 2.43. The second kappa shape index (κ2) is 4.85. The van der Waals surface area contributed by atoms with Crippen LogP contribution in [-0.4, -0.2) is 24.6 Å². The van der Waals surface area contributed by atoms with E-state index in [2.05, 4.69) is 9.97 Å². The molecule has 1 aromatic carbocycles. The van der Waals surface area contributed by atoms with Crippen LogP contribution in [0.3, 0.4) is 0 Å². The highest BCUT2D eigenvalue weighted by Crippen LogP contribution is 2.25. The number of benzene rings is 1. The Morgan fingerprint density at radius 2 is 2.00 bits per heavy atom. The van der Waals surface area contributed by atoms with E-state index >= 15 is 0 Å². The fraction of sp³-hybridized carbons (Fsp3) is 0.167. The first-order valence-corrected chi connectivity index (χ1v) is 7.56. The number of nitrogen functional groups attached to an aromatic ring is 2. The minimum absolute atomic E-state index is 0.0173. The van der Waals surface area contributed by atoms with Crippen LogP contribution >= 0.6 is 0 Å². The molecule has 0 fully saturated rings. The molecule has 0 aliphatic carbocycles. The Bertz CT molecular complexity index is 713. The normalized spacial score (nSPS) is 11.4. The molecule has 0 atom stereocenters. The molecule has 2 aromatic rings. The van der Waals surface area contributed by atoms with Gasteiger partial charge >= 0.3 is 0 Å². The zero-order valence-electron chi connectivity index (χ0n) is 10.4. The van der Waals surface area contributed by atoms with Crippen molar-refractivity contribution >= 4 is 21.6 Å². The fourth-order valence-corrected chi connectivity index (χ4v) is 2.55. The lowest BCUT2D eigenvalue weighted by atomic mass is 10.1. The van der Waals surface area contributed by atoms with Crippen molar-refractivity contribution in [3.63, 3.8) is 0 Å². The van der Waals surface area contributed by atoms with E-state index in [1.165, 1.54) is 12.5 Å². The Hall–Kier alpha value is -2.15. The summed E-state index contributed by atoms with van der Waals surface area (Å²) >= 11 is 0. The topological polar surface area (TPSA) is 112 Å². The number of hydrogen-bond donors (Lipinski definition) is 2. The minimum Gasteiger partial charge on any atom is -0.383 e.